The summed E-state index contributed by atoms with van der Waals surface area (Å²) in [6, 6.07) is 3.25. The third-order valence-corrected chi connectivity index (χ3v) is 3.83. The van der Waals surface area contributed by atoms with Crippen LogP contribution in [-0.2, 0) is 11.0 Å². The van der Waals surface area contributed by atoms with Crippen LogP contribution in [0.1, 0.15) is 25.0 Å². The molecule has 0 aromatic heterocycles. The second-order valence-electron chi connectivity index (χ2n) is 5.70. The molecule has 128 valence electrons. The van der Waals surface area contributed by atoms with Crippen molar-refractivity contribution in [2.45, 2.75) is 25.6 Å². The van der Waals surface area contributed by atoms with Gasteiger partial charge in [0.15, 0.2) is 0 Å². The predicted octanol–water partition coefficient (Wildman–Crippen LogP) is 2.12. The Bertz CT molecular complexity index is 738. The van der Waals surface area contributed by atoms with Crippen LogP contribution in [0.5, 0.6) is 0 Å². The summed E-state index contributed by atoms with van der Waals surface area (Å²) < 4.78 is 39.2. The Morgan fingerprint density at radius 2 is 1.92 bits per heavy atom. The molecule has 6 nitrogen and oxygen atoms in total. The zero-order chi connectivity index (χ0) is 18.3. The normalized spacial score (nSPS) is 17.4. The summed E-state index contributed by atoms with van der Waals surface area (Å²) in [4.78, 5) is 26.6. The van der Waals surface area contributed by atoms with Crippen molar-refractivity contribution in [1.82, 2.24) is 4.90 Å². The average molecular weight is 341 g/mol. The molecule has 1 aromatic rings. The Morgan fingerprint density at radius 3 is 2.42 bits per heavy atom. The lowest BCUT2D eigenvalue weighted by molar-refractivity contribution is -0.137. The molecule has 1 aliphatic rings. The molecule has 2 rings (SSSR count). The van der Waals surface area contributed by atoms with E-state index >= 15 is 0 Å². The van der Waals surface area contributed by atoms with Crippen molar-refractivity contribution in [3.63, 3.8) is 0 Å². The van der Waals surface area contributed by atoms with Gasteiger partial charge in [0.2, 0.25) is 0 Å². The van der Waals surface area contributed by atoms with Crippen molar-refractivity contribution in [2.75, 3.05) is 18.1 Å². The maximum atomic E-state index is 13.1. The largest absolute Gasteiger partial charge is 0.417 e. The minimum atomic E-state index is -4.80. The summed E-state index contributed by atoms with van der Waals surface area (Å²) in [6.07, 6.45) is -4.80. The Kier molecular flexibility index (Phi) is 4.29. The number of aliphatic hydroxyl groups excluding tert-OH is 1. The number of anilines is 1. The monoisotopic (exact) mass is 341 g/mol. The number of carbonyl (C=O) groups excluding carboxylic acids is 2. The van der Waals surface area contributed by atoms with Crippen LogP contribution in [0.4, 0.5) is 23.7 Å². The minimum absolute atomic E-state index is 0.128. The summed E-state index contributed by atoms with van der Waals surface area (Å²) in [6.45, 7) is 2.36. The van der Waals surface area contributed by atoms with E-state index in [2.05, 4.69) is 0 Å². The van der Waals surface area contributed by atoms with Gasteiger partial charge in [-0.3, -0.25) is 4.79 Å². The first-order valence-electron chi connectivity index (χ1n) is 6.94. The molecular formula is C15H14F3N3O3. The van der Waals surface area contributed by atoms with Gasteiger partial charge in [-0.05, 0) is 32.0 Å². The smallest absolute Gasteiger partial charge is 0.395 e. The number of alkyl halides is 3. The molecule has 0 aliphatic carbocycles. The van der Waals surface area contributed by atoms with Crippen molar-refractivity contribution >= 4 is 17.6 Å². The lowest BCUT2D eigenvalue weighted by atomic mass is 10.0. The van der Waals surface area contributed by atoms with Crippen molar-refractivity contribution < 1.29 is 27.9 Å². The van der Waals surface area contributed by atoms with E-state index in [1.54, 1.807) is 0 Å². The number of amides is 3. The fourth-order valence-corrected chi connectivity index (χ4v) is 2.54. The Balaban J connectivity index is 2.55. The Hall–Kier alpha value is -2.60. The molecule has 0 spiro atoms. The summed E-state index contributed by atoms with van der Waals surface area (Å²) in [5, 5.41) is 17.8. The quantitative estimate of drug-likeness (QED) is 0.854. The van der Waals surface area contributed by atoms with Crippen LogP contribution < -0.4 is 4.90 Å². The second kappa shape index (κ2) is 5.79. The van der Waals surface area contributed by atoms with Gasteiger partial charge in [0, 0.05) is 6.54 Å². The van der Waals surface area contributed by atoms with Crippen LogP contribution in [0, 0.1) is 11.3 Å². The van der Waals surface area contributed by atoms with Crippen molar-refractivity contribution in [1.29, 1.82) is 5.26 Å². The highest BCUT2D eigenvalue weighted by Gasteiger charge is 2.51. The summed E-state index contributed by atoms with van der Waals surface area (Å²) in [5.74, 6) is -0.709. The zero-order valence-corrected chi connectivity index (χ0v) is 12.9. The van der Waals surface area contributed by atoms with Gasteiger partial charge in [-0.15, -0.1) is 0 Å². The number of nitrogens with zero attached hydrogens (tertiary/aromatic N) is 3. The van der Waals surface area contributed by atoms with Crippen LogP contribution in [0.15, 0.2) is 18.2 Å². The molecule has 0 radical (unpaired) electrons. The van der Waals surface area contributed by atoms with Gasteiger partial charge < -0.3 is 10.0 Å². The lowest BCUT2D eigenvalue weighted by Gasteiger charge is -2.26. The highest BCUT2D eigenvalue weighted by Crippen LogP contribution is 2.37. The summed E-state index contributed by atoms with van der Waals surface area (Å²) in [5.41, 5.74) is -3.39. The molecule has 0 bridgehead atoms. The SMILES string of the molecule is CC1(C)C(=O)N(c2ccc(C#N)c(C(F)(F)F)c2)C(=O)N1CCO. The predicted molar refractivity (Wildman–Crippen MR) is 76.9 cm³/mol. The highest BCUT2D eigenvalue weighted by atomic mass is 19.4. The number of carbonyl (C=O) groups is 2. The molecule has 1 aliphatic heterocycles. The number of hydrogen-bond acceptors (Lipinski definition) is 4. The van der Waals surface area contributed by atoms with Gasteiger partial charge in [-0.2, -0.15) is 18.4 Å². The first-order chi connectivity index (χ1) is 11.1. The topological polar surface area (TPSA) is 84.6 Å². The van der Waals surface area contributed by atoms with Crippen LogP contribution in [0.2, 0.25) is 0 Å². The van der Waals surface area contributed by atoms with E-state index in [0.717, 1.165) is 17.0 Å². The molecule has 1 N–H and O–H groups in total. The third kappa shape index (κ3) is 2.69. The van der Waals surface area contributed by atoms with Crippen molar-refractivity contribution in [3.8, 4) is 6.07 Å². The van der Waals surface area contributed by atoms with Gasteiger partial charge in [0.1, 0.15) is 5.54 Å². The van der Waals surface area contributed by atoms with Gasteiger partial charge in [0.05, 0.1) is 29.5 Å². The lowest BCUT2D eigenvalue weighted by Crippen LogP contribution is -2.45. The number of β-amino-alcohol motifs (C(OH)–C–C–N with tert-alkyl or cyclic N) is 1. The third-order valence-electron chi connectivity index (χ3n) is 3.83. The van der Waals surface area contributed by atoms with Crippen molar-refractivity contribution in [2.24, 2.45) is 0 Å². The molecule has 9 heteroatoms. The number of rotatable bonds is 3. The number of nitriles is 1. The molecular weight excluding hydrogens is 327 g/mol. The van der Waals surface area contributed by atoms with Gasteiger partial charge in [-0.25, -0.2) is 9.69 Å². The van der Waals surface area contributed by atoms with E-state index in [1.807, 2.05) is 0 Å². The molecule has 1 heterocycles. The molecule has 0 atom stereocenters. The van der Waals surface area contributed by atoms with Crippen LogP contribution in [-0.4, -0.2) is 40.6 Å². The number of aliphatic hydroxyl groups is 1. The molecule has 24 heavy (non-hydrogen) atoms. The van der Waals surface area contributed by atoms with E-state index in [0.29, 0.717) is 11.0 Å². The molecule has 1 fully saturated rings. The van der Waals surface area contributed by atoms with E-state index < -0.39 is 41.4 Å². The molecule has 0 unspecified atom stereocenters. The number of urea groups is 1. The maximum Gasteiger partial charge on any atom is 0.417 e. The van der Waals surface area contributed by atoms with Gasteiger partial charge >= 0.3 is 12.2 Å². The van der Waals surface area contributed by atoms with Crippen LogP contribution in [0.3, 0.4) is 0 Å². The first-order valence-corrected chi connectivity index (χ1v) is 6.94. The van der Waals surface area contributed by atoms with Gasteiger partial charge in [0.25, 0.3) is 5.91 Å². The number of hydrogen-bond donors (Lipinski definition) is 1. The zero-order valence-electron chi connectivity index (χ0n) is 12.9. The second-order valence-corrected chi connectivity index (χ2v) is 5.70. The Labute approximate surface area is 135 Å². The first kappa shape index (κ1) is 17.7. The van der Waals surface area contributed by atoms with Crippen LogP contribution >= 0.6 is 0 Å². The molecule has 3 amide bonds. The van der Waals surface area contributed by atoms with Gasteiger partial charge in [-0.1, -0.05) is 0 Å². The Morgan fingerprint density at radius 1 is 1.29 bits per heavy atom. The number of imide groups is 1. The van der Waals surface area contributed by atoms with Crippen molar-refractivity contribution in [3.05, 3.63) is 29.3 Å². The molecule has 1 aromatic carbocycles. The van der Waals surface area contributed by atoms with Crippen LogP contribution in [0.25, 0.3) is 0 Å². The number of benzene rings is 1. The van der Waals surface area contributed by atoms with E-state index in [1.165, 1.54) is 19.9 Å². The van der Waals surface area contributed by atoms with E-state index in [-0.39, 0.29) is 12.2 Å². The minimum Gasteiger partial charge on any atom is -0.395 e. The number of halogens is 3. The standard InChI is InChI=1S/C15H14F3N3O3/c1-14(2)12(23)21(13(24)20(14)5-6-22)10-4-3-9(8-19)11(7-10)15(16,17)18/h3-4,7,22H,5-6H2,1-2H3. The fraction of sp³-hybridized carbons (Fsp3) is 0.400. The summed E-state index contributed by atoms with van der Waals surface area (Å²) in [7, 11) is 0. The summed E-state index contributed by atoms with van der Waals surface area (Å²) >= 11 is 0. The van der Waals surface area contributed by atoms with E-state index in [4.69, 9.17) is 10.4 Å². The molecule has 1 saturated heterocycles. The maximum absolute atomic E-state index is 13.1. The molecule has 0 saturated carbocycles. The highest BCUT2D eigenvalue weighted by molar-refractivity contribution is 6.23. The van der Waals surface area contributed by atoms with E-state index in [9.17, 15) is 22.8 Å². The average Bonchev–Trinajstić information content (AvgIpc) is 2.66. The fourth-order valence-electron chi connectivity index (χ4n) is 2.54.